The third-order valence-electron chi connectivity index (χ3n) is 4.47. The van der Waals surface area contributed by atoms with Gasteiger partial charge in [-0.05, 0) is 49.2 Å². The van der Waals surface area contributed by atoms with Gasteiger partial charge in [0.1, 0.15) is 0 Å². The molecule has 2 aromatic rings. The highest BCUT2D eigenvalue weighted by molar-refractivity contribution is 9.10. The highest BCUT2D eigenvalue weighted by Crippen LogP contribution is 2.33. The Morgan fingerprint density at radius 3 is 2.18 bits per heavy atom. The van der Waals surface area contributed by atoms with Crippen LogP contribution in [0, 0.1) is 0 Å². The van der Waals surface area contributed by atoms with Gasteiger partial charge in [-0.2, -0.15) is 0 Å². The minimum Gasteiger partial charge on any atom is -0.388 e. The number of hydrogen-bond donors (Lipinski definition) is 1. The molecule has 1 fully saturated rings. The van der Waals surface area contributed by atoms with Gasteiger partial charge >= 0.3 is 0 Å². The zero-order valence-electron chi connectivity index (χ0n) is 12.7. The molecule has 1 aliphatic heterocycles. The minimum atomic E-state index is -0.476. The maximum absolute atomic E-state index is 10.9. The van der Waals surface area contributed by atoms with Gasteiger partial charge in [-0.15, -0.1) is 0 Å². The third-order valence-corrected chi connectivity index (χ3v) is 5.00. The lowest BCUT2D eigenvalue weighted by atomic mass is 9.88. The Labute approximate surface area is 140 Å². The Balaban J connectivity index is 1.84. The molecular formula is C19H22BrNO. The number of aliphatic hydroxyl groups is 1. The maximum atomic E-state index is 10.9. The van der Waals surface area contributed by atoms with E-state index in [1.54, 1.807) is 0 Å². The lowest BCUT2D eigenvalue weighted by Gasteiger charge is -2.28. The van der Waals surface area contributed by atoms with Crippen LogP contribution in [0.3, 0.4) is 0 Å². The van der Waals surface area contributed by atoms with Crippen LogP contribution in [0.2, 0.25) is 0 Å². The fourth-order valence-corrected chi connectivity index (χ4v) is 3.49. The average molecular weight is 360 g/mol. The summed E-state index contributed by atoms with van der Waals surface area (Å²) in [7, 11) is 0. The highest BCUT2D eigenvalue weighted by Gasteiger charge is 2.26. The number of aliphatic hydroxyl groups excluding tert-OH is 1. The second-order valence-electron chi connectivity index (χ2n) is 6.02. The molecule has 0 radical (unpaired) electrons. The molecule has 2 aromatic carbocycles. The van der Waals surface area contributed by atoms with Gasteiger partial charge < -0.3 is 10.0 Å². The first-order valence-electron chi connectivity index (χ1n) is 7.95. The molecule has 2 atom stereocenters. The molecule has 0 aromatic heterocycles. The van der Waals surface area contributed by atoms with Crippen LogP contribution in [0.4, 0.5) is 0 Å². The van der Waals surface area contributed by atoms with E-state index in [1.807, 2.05) is 30.3 Å². The molecule has 0 saturated carbocycles. The molecule has 0 bridgehead atoms. The highest BCUT2D eigenvalue weighted by atomic mass is 79.9. The molecule has 0 aliphatic carbocycles. The Morgan fingerprint density at radius 1 is 0.909 bits per heavy atom. The summed E-state index contributed by atoms with van der Waals surface area (Å²) in [6, 6.07) is 18.4. The summed E-state index contributed by atoms with van der Waals surface area (Å²) in [6.45, 7) is 3.22. The number of halogens is 1. The van der Waals surface area contributed by atoms with E-state index >= 15 is 0 Å². The third kappa shape index (κ3) is 3.78. The molecule has 0 amide bonds. The molecule has 116 valence electrons. The van der Waals surface area contributed by atoms with Crippen LogP contribution in [0.25, 0.3) is 0 Å². The number of rotatable bonds is 5. The summed E-state index contributed by atoms with van der Waals surface area (Å²) in [6.07, 6.45) is 2.07. The SMILES string of the molecule is O[C@H](c1ccc(Br)cc1)[C@H](CN1CCCC1)c1ccccc1. The number of nitrogens with zero attached hydrogens (tertiary/aromatic N) is 1. The van der Waals surface area contributed by atoms with E-state index < -0.39 is 6.10 Å². The van der Waals surface area contributed by atoms with Crippen molar-refractivity contribution in [1.29, 1.82) is 0 Å². The van der Waals surface area contributed by atoms with Gasteiger partial charge in [0, 0.05) is 16.9 Å². The smallest absolute Gasteiger partial charge is 0.0870 e. The van der Waals surface area contributed by atoms with E-state index in [0.717, 1.165) is 29.7 Å². The second kappa shape index (κ2) is 7.40. The summed E-state index contributed by atoms with van der Waals surface area (Å²) in [5.41, 5.74) is 2.20. The van der Waals surface area contributed by atoms with Crippen LogP contribution in [0.15, 0.2) is 59.1 Å². The lowest BCUT2D eigenvalue weighted by molar-refractivity contribution is 0.123. The predicted molar refractivity (Wildman–Crippen MR) is 94.0 cm³/mol. The summed E-state index contributed by atoms with van der Waals surface area (Å²) in [5, 5.41) is 10.9. The lowest BCUT2D eigenvalue weighted by Crippen LogP contribution is -2.29. The molecule has 3 rings (SSSR count). The van der Waals surface area contributed by atoms with Crippen LogP contribution >= 0.6 is 15.9 Å². The fraction of sp³-hybridized carbons (Fsp3) is 0.368. The number of hydrogen-bond acceptors (Lipinski definition) is 2. The molecular weight excluding hydrogens is 338 g/mol. The van der Waals surface area contributed by atoms with Gasteiger partial charge in [-0.3, -0.25) is 0 Å². The van der Waals surface area contributed by atoms with Crippen molar-refractivity contribution in [2.75, 3.05) is 19.6 Å². The first-order valence-corrected chi connectivity index (χ1v) is 8.74. The van der Waals surface area contributed by atoms with Gasteiger partial charge in [0.2, 0.25) is 0 Å². The Bertz CT molecular complexity index is 578. The van der Waals surface area contributed by atoms with Crippen LogP contribution in [0.5, 0.6) is 0 Å². The fourth-order valence-electron chi connectivity index (χ4n) is 3.22. The zero-order valence-corrected chi connectivity index (χ0v) is 14.2. The molecule has 1 heterocycles. The Hall–Kier alpha value is -1.16. The van der Waals surface area contributed by atoms with Crippen molar-refractivity contribution in [2.45, 2.75) is 24.9 Å². The standard InChI is InChI=1S/C19H22BrNO/c20-17-10-8-16(9-11-17)19(22)18(14-21-12-4-5-13-21)15-6-2-1-3-7-15/h1-3,6-11,18-19,22H,4-5,12-14H2/t18-,19-/m1/s1. The average Bonchev–Trinajstić information content (AvgIpc) is 3.07. The topological polar surface area (TPSA) is 23.5 Å². The second-order valence-corrected chi connectivity index (χ2v) is 6.94. The summed E-state index contributed by atoms with van der Waals surface area (Å²) < 4.78 is 1.04. The van der Waals surface area contributed by atoms with Gasteiger partial charge in [0.15, 0.2) is 0 Å². The van der Waals surface area contributed by atoms with E-state index in [-0.39, 0.29) is 5.92 Å². The largest absolute Gasteiger partial charge is 0.388 e. The van der Waals surface area contributed by atoms with Crippen LogP contribution in [-0.4, -0.2) is 29.6 Å². The van der Waals surface area contributed by atoms with E-state index in [2.05, 4.69) is 45.1 Å². The van der Waals surface area contributed by atoms with Crippen LogP contribution in [0.1, 0.15) is 36.0 Å². The molecule has 0 spiro atoms. The molecule has 2 nitrogen and oxygen atoms in total. The Kier molecular flexibility index (Phi) is 5.29. The van der Waals surface area contributed by atoms with Crippen LogP contribution < -0.4 is 0 Å². The van der Waals surface area contributed by atoms with Crippen molar-refractivity contribution in [3.8, 4) is 0 Å². The van der Waals surface area contributed by atoms with Crippen molar-refractivity contribution in [2.24, 2.45) is 0 Å². The van der Waals surface area contributed by atoms with Crippen molar-refractivity contribution >= 4 is 15.9 Å². The van der Waals surface area contributed by atoms with E-state index in [4.69, 9.17) is 0 Å². The van der Waals surface area contributed by atoms with E-state index in [0.29, 0.717) is 0 Å². The first-order chi connectivity index (χ1) is 10.7. The molecule has 1 aliphatic rings. The van der Waals surface area contributed by atoms with Crippen molar-refractivity contribution in [3.63, 3.8) is 0 Å². The zero-order chi connectivity index (χ0) is 15.4. The van der Waals surface area contributed by atoms with Crippen LogP contribution in [-0.2, 0) is 0 Å². The van der Waals surface area contributed by atoms with Gasteiger partial charge in [-0.25, -0.2) is 0 Å². The van der Waals surface area contributed by atoms with Crippen molar-refractivity contribution < 1.29 is 5.11 Å². The molecule has 0 unspecified atom stereocenters. The van der Waals surface area contributed by atoms with E-state index in [1.165, 1.54) is 18.4 Å². The quantitative estimate of drug-likeness (QED) is 0.856. The summed E-state index contributed by atoms with van der Waals surface area (Å²) >= 11 is 3.46. The number of likely N-dealkylation sites (tertiary alicyclic amines) is 1. The van der Waals surface area contributed by atoms with Gasteiger partial charge in [0.05, 0.1) is 6.10 Å². The van der Waals surface area contributed by atoms with E-state index in [9.17, 15) is 5.11 Å². The Morgan fingerprint density at radius 2 is 1.55 bits per heavy atom. The first kappa shape index (κ1) is 15.7. The molecule has 1 saturated heterocycles. The molecule has 3 heteroatoms. The predicted octanol–water partition coefficient (Wildman–Crippen LogP) is 4.36. The molecule has 1 N–H and O–H groups in total. The summed E-state index contributed by atoms with van der Waals surface area (Å²) in [4.78, 5) is 2.47. The maximum Gasteiger partial charge on any atom is 0.0870 e. The normalized spacial score (nSPS) is 18.3. The van der Waals surface area contributed by atoms with Gasteiger partial charge in [-0.1, -0.05) is 58.4 Å². The summed E-state index contributed by atoms with van der Waals surface area (Å²) in [5.74, 6) is 0.112. The molecule has 22 heavy (non-hydrogen) atoms. The van der Waals surface area contributed by atoms with Crippen molar-refractivity contribution in [3.05, 3.63) is 70.2 Å². The number of benzene rings is 2. The minimum absolute atomic E-state index is 0.112. The van der Waals surface area contributed by atoms with Crippen molar-refractivity contribution in [1.82, 2.24) is 4.90 Å². The monoisotopic (exact) mass is 359 g/mol. The van der Waals surface area contributed by atoms with Gasteiger partial charge in [0.25, 0.3) is 0 Å².